The van der Waals surface area contributed by atoms with Gasteiger partial charge in [0.25, 0.3) is 0 Å². The van der Waals surface area contributed by atoms with E-state index >= 15 is 0 Å². The third-order valence-corrected chi connectivity index (χ3v) is 6.04. The molecule has 33 heavy (non-hydrogen) atoms. The van der Waals surface area contributed by atoms with Gasteiger partial charge in [-0.25, -0.2) is 0 Å². The molecule has 0 atom stereocenters. The van der Waals surface area contributed by atoms with Crippen LogP contribution < -0.4 is 10.2 Å². The maximum absolute atomic E-state index is 11.4. The van der Waals surface area contributed by atoms with E-state index in [-0.39, 0.29) is 31.0 Å². The van der Waals surface area contributed by atoms with Gasteiger partial charge in [-0.15, -0.1) is 11.5 Å². The van der Waals surface area contributed by atoms with E-state index in [2.05, 4.69) is 13.8 Å². The Balaban J connectivity index is 0.000000602. The summed E-state index contributed by atoms with van der Waals surface area (Å²) >= 11 is 0. The van der Waals surface area contributed by atoms with Gasteiger partial charge >= 0.3 is 19.5 Å². The minimum atomic E-state index is 0. The van der Waals surface area contributed by atoms with Crippen molar-refractivity contribution in [1.82, 2.24) is 0 Å². The Morgan fingerprint density at radius 3 is 1.09 bits per heavy atom. The summed E-state index contributed by atoms with van der Waals surface area (Å²) in [5, 5.41) is 22.8. The van der Waals surface area contributed by atoms with Gasteiger partial charge in [0.2, 0.25) is 0 Å². The molecule has 0 spiro atoms. The van der Waals surface area contributed by atoms with Crippen LogP contribution in [0.15, 0.2) is 48.5 Å². The molecule has 0 fully saturated rings. The van der Waals surface area contributed by atoms with E-state index in [9.17, 15) is 10.2 Å². The van der Waals surface area contributed by atoms with Gasteiger partial charge in [0.05, 0.1) is 0 Å². The Kier molecular flexibility index (Phi) is 21.5. The van der Waals surface area contributed by atoms with Crippen LogP contribution in [-0.4, -0.2) is 0 Å². The molecule has 0 aliphatic heterocycles. The fraction of sp³-hybridized carbons (Fsp3) is 0.600. The van der Waals surface area contributed by atoms with Crippen molar-refractivity contribution in [2.75, 3.05) is 0 Å². The average molecular weight is 504 g/mol. The monoisotopic (exact) mass is 502 g/mol. The van der Waals surface area contributed by atoms with Gasteiger partial charge in [0.15, 0.2) is 0 Å². The number of para-hydroxylation sites is 2. The topological polar surface area (TPSA) is 46.1 Å². The molecule has 2 aromatic carbocycles. The Labute approximate surface area is 217 Å². The average Bonchev–Trinajstić information content (AvgIpc) is 2.80. The second-order valence-corrected chi connectivity index (χ2v) is 8.96. The largest absolute Gasteiger partial charge is 2.00 e. The molecular formula is C30H46O2Zn. The van der Waals surface area contributed by atoms with Crippen molar-refractivity contribution < 1.29 is 29.7 Å². The van der Waals surface area contributed by atoms with E-state index in [1.165, 1.54) is 77.0 Å². The van der Waals surface area contributed by atoms with E-state index in [4.69, 9.17) is 0 Å². The first kappa shape index (κ1) is 31.7. The molecule has 0 aromatic heterocycles. The van der Waals surface area contributed by atoms with Crippen LogP contribution in [-0.2, 0) is 32.3 Å². The van der Waals surface area contributed by atoms with Gasteiger partial charge < -0.3 is 10.2 Å². The van der Waals surface area contributed by atoms with Crippen LogP contribution in [0, 0.1) is 0 Å². The van der Waals surface area contributed by atoms with Crippen LogP contribution in [0.4, 0.5) is 0 Å². The summed E-state index contributed by atoms with van der Waals surface area (Å²) in [7, 11) is 0. The third kappa shape index (κ3) is 16.9. The van der Waals surface area contributed by atoms with Crippen LogP contribution in [0.1, 0.15) is 115 Å². The maximum atomic E-state index is 11.4. The summed E-state index contributed by atoms with van der Waals surface area (Å²) in [5.41, 5.74) is 1.96. The Morgan fingerprint density at radius 1 is 0.455 bits per heavy atom. The first-order chi connectivity index (χ1) is 15.7. The van der Waals surface area contributed by atoms with Crippen molar-refractivity contribution in [3.05, 3.63) is 59.7 Å². The van der Waals surface area contributed by atoms with E-state index in [0.717, 1.165) is 36.8 Å². The molecule has 3 heteroatoms. The zero-order valence-electron chi connectivity index (χ0n) is 21.5. The summed E-state index contributed by atoms with van der Waals surface area (Å²) < 4.78 is 0. The quantitative estimate of drug-likeness (QED) is 0.171. The molecule has 0 amide bonds. The van der Waals surface area contributed by atoms with Crippen LogP contribution >= 0.6 is 0 Å². The zero-order valence-corrected chi connectivity index (χ0v) is 24.4. The van der Waals surface area contributed by atoms with E-state index in [1.807, 2.05) is 36.4 Å². The number of rotatable bonds is 16. The van der Waals surface area contributed by atoms with Crippen molar-refractivity contribution >= 4 is 0 Å². The van der Waals surface area contributed by atoms with E-state index in [0.29, 0.717) is 0 Å². The van der Waals surface area contributed by atoms with Gasteiger partial charge in [-0.3, -0.25) is 0 Å². The molecule has 0 unspecified atom stereocenters. The maximum Gasteiger partial charge on any atom is 2.00 e. The fourth-order valence-electron chi connectivity index (χ4n) is 3.97. The second kappa shape index (κ2) is 22.5. The Morgan fingerprint density at radius 2 is 0.758 bits per heavy atom. The smallest absolute Gasteiger partial charge is 0.872 e. The molecule has 0 aliphatic carbocycles. The van der Waals surface area contributed by atoms with Gasteiger partial charge in [-0.2, -0.15) is 0 Å². The summed E-state index contributed by atoms with van der Waals surface area (Å²) in [6.07, 6.45) is 20.2. The third-order valence-electron chi connectivity index (χ3n) is 6.04. The van der Waals surface area contributed by atoms with Crippen molar-refractivity contribution in [2.24, 2.45) is 0 Å². The van der Waals surface area contributed by atoms with Gasteiger partial charge in [-0.1, -0.05) is 151 Å². The first-order valence-electron chi connectivity index (χ1n) is 13.2. The van der Waals surface area contributed by atoms with Crippen molar-refractivity contribution in [1.29, 1.82) is 0 Å². The molecule has 0 N–H and O–H groups in total. The summed E-state index contributed by atoms with van der Waals surface area (Å²) in [5.74, 6) is 0.405. The molecule has 0 saturated carbocycles. The number of unbranched alkanes of at least 4 members (excludes halogenated alkanes) is 12. The van der Waals surface area contributed by atoms with Gasteiger partial charge in [-0.05, 0) is 25.7 Å². The normalized spacial score (nSPS) is 10.2. The molecule has 2 nitrogen and oxygen atoms in total. The Hall–Kier alpha value is -1.34. The van der Waals surface area contributed by atoms with Crippen LogP contribution in [0.3, 0.4) is 0 Å². The Bertz CT molecular complexity index is 627. The molecule has 2 rings (SSSR count). The van der Waals surface area contributed by atoms with Crippen LogP contribution in [0.25, 0.3) is 0 Å². The van der Waals surface area contributed by atoms with Gasteiger partial charge in [0, 0.05) is 0 Å². The minimum absolute atomic E-state index is 0. The fourth-order valence-corrected chi connectivity index (χ4v) is 3.97. The minimum Gasteiger partial charge on any atom is -0.872 e. The number of hydrogen-bond donors (Lipinski definition) is 0. The summed E-state index contributed by atoms with van der Waals surface area (Å²) in [6, 6.07) is 14.8. The van der Waals surface area contributed by atoms with E-state index < -0.39 is 0 Å². The number of aryl methyl sites for hydroxylation is 2. The van der Waals surface area contributed by atoms with Crippen molar-refractivity contribution in [3.63, 3.8) is 0 Å². The molecule has 2 aromatic rings. The molecule has 0 heterocycles. The molecule has 0 bridgehead atoms. The SMILES string of the molecule is CCCCCCCCCc1ccccc1[O-].CCCCCCCCCc1ccccc1[O-].[Zn+2]. The van der Waals surface area contributed by atoms with Gasteiger partial charge in [0.1, 0.15) is 0 Å². The molecule has 0 radical (unpaired) electrons. The van der Waals surface area contributed by atoms with Crippen molar-refractivity contribution in [3.8, 4) is 11.5 Å². The number of hydrogen-bond acceptors (Lipinski definition) is 2. The second-order valence-electron chi connectivity index (χ2n) is 8.96. The zero-order chi connectivity index (χ0) is 23.3. The first-order valence-corrected chi connectivity index (χ1v) is 13.2. The predicted molar refractivity (Wildman–Crippen MR) is 135 cm³/mol. The van der Waals surface area contributed by atoms with Crippen LogP contribution in [0.5, 0.6) is 11.5 Å². The standard InChI is InChI=1S/2C15H24O.Zn/c2*1-2-3-4-5-6-7-8-11-14-12-9-10-13-15(14)16;/h2*9-10,12-13,16H,2-8,11H2,1H3;/q;;+2/p-2. The predicted octanol–water partition coefficient (Wildman–Crippen LogP) is 8.10. The van der Waals surface area contributed by atoms with Crippen molar-refractivity contribution in [2.45, 2.75) is 117 Å². The molecule has 0 aliphatic rings. The molecular weight excluding hydrogens is 458 g/mol. The van der Waals surface area contributed by atoms with Crippen LogP contribution in [0.2, 0.25) is 0 Å². The number of benzene rings is 2. The van der Waals surface area contributed by atoms with E-state index in [1.54, 1.807) is 12.1 Å². The molecule has 0 saturated heterocycles. The summed E-state index contributed by atoms with van der Waals surface area (Å²) in [4.78, 5) is 0. The summed E-state index contributed by atoms with van der Waals surface area (Å²) in [6.45, 7) is 4.48. The molecule has 180 valence electrons.